The fourth-order valence-corrected chi connectivity index (χ4v) is 2.08. The Hall–Kier alpha value is -3.13. The number of esters is 1. The molecule has 0 bridgehead atoms. The van der Waals surface area contributed by atoms with E-state index in [1.54, 1.807) is 34.9 Å². The lowest BCUT2D eigenvalue weighted by Crippen LogP contribution is -2.05. The lowest BCUT2D eigenvalue weighted by molar-refractivity contribution is 0.0466. The molecule has 108 valence electrons. The monoisotopic (exact) mass is 291 g/mol. The zero-order valence-corrected chi connectivity index (χ0v) is 12.0. The molecule has 0 N–H and O–H groups in total. The van der Waals surface area contributed by atoms with E-state index in [0.29, 0.717) is 11.2 Å². The molecule has 0 aliphatic rings. The first-order chi connectivity index (χ1) is 10.7. The fourth-order valence-electron chi connectivity index (χ4n) is 2.08. The van der Waals surface area contributed by atoms with Crippen LogP contribution in [0.2, 0.25) is 0 Å². The molecule has 0 fully saturated rings. The van der Waals surface area contributed by atoms with Crippen LogP contribution in [0.15, 0.2) is 48.8 Å². The highest BCUT2D eigenvalue weighted by Gasteiger charge is 2.12. The number of nitrogens with zero attached hydrogens (tertiary/aromatic N) is 3. The molecule has 22 heavy (non-hydrogen) atoms. The van der Waals surface area contributed by atoms with Gasteiger partial charge in [-0.05, 0) is 42.3 Å². The van der Waals surface area contributed by atoms with E-state index >= 15 is 0 Å². The summed E-state index contributed by atoms with van der Waals surface area (Å²) < 4.78 is 7.03. The molecule has 3 aromatic rings. The summed E-state index contributed by atoms with van der Waals surface area (Å²) in [6.07, 6.45) is 3.50. The fraction of sp³-hybridized carbons (Fsp3) is 0.118. The van der Waals surface area contributed by atoms with Crippen molar-refractivity contribution in [2.45, 2.75) is 13.5 Å². The van der Waals surface area contributed by atoms with Gasteiger partial charge in [-0.2, -0.15) is 5.26 Å². The topological polar surface area (TPSA) is 67.4 Å². The van der Waals surface area contributed by atoms with Gasteiger partial charge in [0.2, 0.25) is 0 Å². The third-order valence-corrected chi connectivity index (χ3v) is 3.28. The van der Waals surface area contributed by atoms with Gasteiger partial charge in [-0.15, -0.1) is 0 Å². The Morgan fingerprint density at radius 2 is 2.09 bits per heavy atom. The first kappa shape index (κ1) is 13.8. The minimum atomic E-state index is -0.467. The molecule has 0 aliphatic heterocycles. The maximum absolute atomic E-state index is 12.0. The summed E-state index contributed by atoms with van der Waals surface area (Å²) in [5.74, 6) is -0.467. The van der Waals surface area contributed by atoms with Gasteiger partial charge in [-0.1, -0.05) is 12.1 Å². The van der Waals surface area contributed by atoms with Crippen molar-refractivity contribution in [3.63, 3.8) is 0 Å². The summed E-state index contributed by atoms with van der Waals surface area (Å²) in [6.45, 7) is 2.12. The van der Waals surface area contributed by atoms with Crippen LogP contribution in [-0.4, -0.2) is 15.4 Å². The van der Waals surface area contributed by atoms with Crippen molar-refractivity contribution in [2.75, 3.05) is 0 Å². The van der Waals surface area contributed by atoms with Crippen molar-refractivity contribution in [2.24, 2.45) is 0 Å². The summed E-state index contributed by atoms with van der Waals surface area (Å²) in [6, 6.07) is 12.8. The number of aromatic nitrogens is 2. The average Bonchev–Trinajstić information content (AvgIpc) is 2.96. The predicted molar refractivity (Wildman–Crippen MR) is 80.2 cm³/mol. The third-order valence-electron chi connectivity index (χ3n) is 3.28. The van der Waals surface area contributed by atoms with Crippen LogP contribution in [0, 0.1) is 18.3 Å². The van der Waals surface area contributed by atoms with Crippen LogP contribution in [0.3, 0.4) is 0 Å². The van der Waals surface area contributed by atoms with Gasteiger partial charge in [-0.25, -0.2) is 9.78 Å². The van der Waals surface area contributed by atoms with Gasteiger partial charge in [0.25, 0.3) is 0 Å². The van der Waals surface area contributed by atoms with Crippen molar-refractivity contribution in [3.8, 4) is 6.07 Å². The van der Waals surface area contributed by atoms with Crippen molar-refractivity contribution >= 4 is 11.6 Å². The number of rotatable bonds is 3. The Labute approximate surface area is 127 Å². The van der Waals surface area contributed by atoms with Crippen molar-refractivity contribution in [3.05, 3.63) is 71.2 Å². The number of fused-ring (bicyclic) bond motifs is 1. The lowest BCUT2D eigenvalue weighted by Gasteiger charge is -2.02. The lowest BCUT2D eigenvalue weighted by atomic mass is 10.2. The highest BCUT2D eigenvalue weighted by Crippen LogP contribution is 2.10. The Morgan fingerprint density at radius 1 is 1.32 bits per heavy atom. The number of pyridine rings is 1. The minimum Gasteiger partial charge on any atom is -0.456 e. The molecule has 0 aliphatic carbocycles. The Morgan fingerprint density at radius 3 is 2.82 bits per heavy atom. The minimum absolute atomic E-state index is 0.150. The van der Waals surface area contributed by atoms with Gasteiger partial charge in [-0.3, -0.25) is 0 Å². The predicted octanol–water partition coefficient (Wildman–Crippen LogP) is 2.87. The van der Waals surface area contributed by atoms with E-state index < -0.39 is 5.97 Å². The molecule has 5 heteroatoms. The average molecular weight is 291 g/mol. The molecule has 0 saturated heterocycles. The molecule has 0 amide bonds. The second kappa shape index (κ2) is 5.70. The second-order valence-electron chi connectivity index (χ2n) is 4.98. The molecule has 0 spiro atoms. The van der Waals surface area contributed by atoms with E-state index in [0.717, 1.165) is 11.1 Å². The zero-order valence-electron chi connectivity index (χ0n) is 12.0. The number of ether oxygens (including phenoxy) is 1. The molecule has 5 nitrogen and oxygen atoms in total. The van der Waals surface area contributed by atoms with Crippen LogP contribution in [-0.2, 0) is 11.3 Å². The number of aryl methyl sites for hydroxylation is 1. The summed E-state index contributed by atoms with van der Waals surface area (Å²) in [5.41, 5.74) is 3.47. The standard InChI is InChI=1S/C17H13N3O2/c1-12-6-7-20-10-15(19-16(20)8-12)17(21)22-11-14-4-2-13(9-18)3-5-14/h2-8,10H,11H2,1H3. The van der Waals surface area contributed by atoms with Crippen LogP contribution >= 0.6 is 0 Å². The number of imidazole rings is 1. The molecule has 1 aromatic carbocycles. The first-order valence-electron chi connectivity index (χ1n) is 6.77. The molecule has 0 atom stereocenters. The Kier molecular flexibility index (Phi) is 3.58. The Balaban J connectivity index is 1.71. The van der Waals surface area contributed by atoms with E-state index in [2.05, 4.69) is 4.98 Å². The van der Waals surface area contributed by atoms with Crippen molar-refractivity contribution in [1.29, 1.82) is 5.26 Å². The van der Waals surface area contributed by atoms with Crippen LogP contribution < -0.4 is 0 Å². The number of benzene rings is 1. The zero-order chi connectivity index (χ0) is 15.5. The number of carbonyl (C=O) groups excluding carboxylic acids is 1. The molecular formula is C17H13N3O2. The Bertz CT molecular complexity index is 873. The van der Waals surface area contributed by atoms with Crippen LogP contribution in [0.1, 0.15) is 27.2 Å². The van der Waals surface area contributed by atoms with E-state index in [9.17, 15) is 4.79 Å². The van der Waals surface area contributed by atoms with Crippen molar-refractivity contribution in [1.82, 2.24) is 9.38 Å². The van der Waals surface area contributed by atoms with Crippen LogP contribution in [0.4, 0.5) is 0 Å². The van der Waals surface area contributed by atoms with E-state index in [1.807, 2.05) is 31.3 Å². The molecule has 0 radical (unpaired) electrons. The summed E-state index contributed by atoms with van der Waals surface area (Å²) >= 11 is 0. The van der Waals surface area contributed by atoms with Gasteiger partial charge >= 0.3 is 5.97 Å². The number of nitriles is 1. The van der Waals surface area contributed by atoms with E-state index in [-0.39, 0.29) is 12.3 Å². The van der Waals surface area contributed by atoms with E-state index in [4.69, 9.17) is 10.00 Å². The highest BCUT2D eigenvalue weighted by atomic mass is 16.5. The van der Waals surface area contributed by atoms with Crippen LogP contribution in [0.5, 0.6) is 0 Å². The summed E-state index contributed by atoms with van der Waals surface area (Å²) in [7, 11) is 0. The number of hydrogen-bond donors (Lipinski definition) is 0. The number of hydrogen-bond acceptors (Lipinski definition) is 4. The maximum Gasteiger partial charge on any atom is 0.358 e. The number of carbonyl (C=O) groups is 1. The van der Waals surface area contributed by atoms with Gasteiger partial charge < -0.3 is 9.14 Å². The SMILES string of the molecule is Cc1ccn2cc(C(=O)OCc3ccc(C#N)cc3)nc2c1. The normalized spacial score (nSPS) is 10.4. The first-order valence-corrected chi connectivity index (χ1v) is 6.77. The molecule has 0 unspecified atom stereocenters. The molecule has 3 rings (SSSR count). The third kappa shape index (κ3) is 2.81. The summed E-state index contributed by atoms with van der Waals surface area (Å²) in [4.78, 5) is 16.3. The molecule has 2 aromatic heterocycles. The van der Waals surface area contributed by atoms with Gasteiger partial charge in [0.1, 0.15) is 12.3 Å². The van der Waals surface area contributed by atoms with Gasteiger partial charge in [0.15, 0.2) is 5.69 Å². The van der Waals surface area contributed by atoms with E-state index in [1.165, 1.54) is 0 Å². The molecule has 2 heterocycles. The van der Waals surface area contributed by atoms with Crippen molar-refractivity contribution < 1.29 is 9.53 Å². The molecule has 0 saturated carbocycles. The van der Waals surface area contributed by atoms with Gasteiger partial charge in [0.05, 0.1) is 11.6 Å². The largest absolute Gasteiger partial charge is 0.456 e. The van der Waals surface area contributed by atoms with Gasteiger partial charge in [0, 0.05) is 12.4 Å². The maximum atomic E-state index is 12.0. The van der Waals surface area contributed by atoms with Crippen LogP contribution in [0.25, 0.3) is 5.65 Å². The summed E-state index contributed by atoms with van der Waals surface area (Å²) in [5, 5.41) is 8.74. The quantitative estimate of drug-likeness (QED) is 0.696. The second-order valence-corrected chi connectivity index (χ2v) is 4.98. The highest BCUT2D eigenvalue weighted by molar-refractivity contribution is 5.88. The smallest absolute Gasteiger partial charge is 0.358 e. The molecular weight excluding hydrogens is 278 g/mol.